The van der Waals surface area contributed by atoms with E-state index in [1.54, 1.807) is 6.07 Å². The van der Waals surface area contributed by atoms with Crippen molar-refractivity contribution in [2.75, 3.05) is 0 Å². The molecule has 0 radical (unpaired) electrons. The molecule has 2 N–H and O–H groups in total. The molecule has 1 aromatic carbocycles. The molecule has 0 aliphatic heterocycles. The molecule has 1 aliphatic rings. The summed E-state index contributed by atoms with van der Waals surface area (Å²) in [6, 6.07) is 3.64. The minimum Gasteiger partial charge on any atom is -0.327 e. The zero-order chi connectivity index (χ0) is 9.59. The summed E-state index contributed by atoms with van der Waals surface area (Å²) in [5, 5.41) is 0. The van der Waals surface area contributed by atoms with Crippen molar-refractivity contribution in [3.63, 3.8) is 0 Å². The Balaban J connectivity index is 2.41. The first-order valence-corrected chi connectivity index (χ1v) is 5.10. The molecule has 70 valence electrons. The van der Waals surface area contributed by atoms with Gasteiger partial charge in [-0.05, 0) is 52.5 Å². The van der Waals surface area contributed by atoms with Crippen molar-refractivity contribution >= 4 is 15.9 Å². The highest BCUT2D eigenvalue weighted by atomic mass is 79.9. The van der Waals surface area contributed by atoms with Crippen LogP contribution in [0.3, 0.4) is 0 Å². The molecular formula is C10H11BrFN. The van der Waals surface area contributed by atoms with Crippen LogP contribution in [0.25, 0.3) is 0 Å². The minimum absolute atomic E-state index is 0.195. The summed E-state index contributed by atoms with van der Waals surface area (Å²) in [5.41, 5.74) is 7.90. The van der Waals surface area contributed by atoms with Crippen LogP contribution >= 0.6 is 15.9 Å². The quantitative estimate of drug-likeness (QED) is 0.807. The van der Waals surface area contributed by atoms with E-state index < -0.39 is 0 Å². The van der Waals surface area contributed by atoms with E-state index in [0.29, 0.717) is 10.4 Å². The third-order valence-corrected chi connectivity index (χ3v) is 3.16. The van der Waals surface area contributed by atoms with Crippen molar-refractivity contribution in [3.8, 4) is 0 Å². The first-order chi connectivity index (χ1) is 6.09. The molecule has 0 unspecified atom stereocenters. The molecule has 3 heteroatoms. The number of aryl methyl sites for hydroxylation is 1. The Hall–Kier alpha value is -0.410. The van der Waals surface area contributed by atoms with E-state index in [-0.39, 0.29) is 11.9 Å². The Kier molecular flexibility index (Phi) is 2.16. The maximum absolute atomic E-state index is 13.2. The molecule has 0 amide bonds. The highest BCUT2D eigenvalue weighted by Gasteiger charge is 2.36. The summed E-state index contributed by atoms with van der Waals surface area (Å²) >= 11 is 3.16. The summed E-state index contributed by atoms with van der Waals surface area (Å²) in [7, 11) is 0. The highest BCUT2D eigenvalue weighted by molar-refractivity contribution is 9.10. The van der Waals surface area contributed by atoms with E-state index in [0.717, 1.165) is 17.5 Å². The number of nitrogens with two attached hydrogens (primary N) is 1. The lowest BCUT2D eigenvalue weighted by atomic mass is 10.0. The third-order valence-electron chi connectivity index (χ3n) is 2.55. The largest absolute Gasteiger partial charge is 0.327 e. The first kappa shape index (κ1) is 9.16. The van der Waals surface area contributed by atoms with Crippen LogP contribution in [-0.4, -0.2) is 6.04 Å². The summed E-state index contributed by atoms with van der Waals surface area (Å²) in [6.45, 7) is 1.99. The molecule has 1 fully saturated rings. The van der Waals surface area contributed by atoms with Crippen molar-refractivity contribution in [1.82, 2.24) is 0 Å². The Morgan fingerprint density at radius 2 is 2.15 bits per heavy atom. The first-order valence-electron chi connectivity index (χ1n) is 4.30. The molecule has 0 bridgehead atoms. The smallest absolute Gasteiger partial charge is 0.137 e. The molecular weight excluding hydrogens is 233 g/mol. The lowest BCUT2D eigenvalue weighted by molar-refractivity contribution is 0.618. The predicted molar refractivity (Wildman–Crippen MR) is 54.2 cm³/mol. The van der Waals surface area contributed by atoms with Gasteiger partial charge in [0.15, 0.2) is 0 Å². The molecule has 0 aromatic heterocycles. The van der Waals surface area contributed by atoms with Crippen molar-refractivity contribution < 1.29 is 4.39 Å². The maximum atomic E-state index is 13.2. The van der Waals surface area contributed by atoms with E-state index >= 15 is 0 Å². The SMILES string of the molecule is Cc1cc(Br)c(F)cc1[C@H]1C[C@H]1N. The third kappa shape index (κ3) is 1.63. The van der Waals surface area contributed by atoms with Gasteiger partial charge in [0.05, 0.1) is 4.47 Å². The predicted octanol–water partition coefficient (Wildman–Crippen LogP) is 2.71. The molecule has 13 heavy (non-hydrogen) atoms. The highest BCUT2D eigenvalue weighted by Crippen LogP contribution is 2.41. The van der Waals surface area contributed by atoms with Crippen molar-refractivity contribution in [1.29, 1.82) is 0 Å². The van der Waals surface area contributed by atoms with Crippen LogP contribution in [0.15, 0.2) is 16.6 Å². The van der Waals surface area contributed by atoms with Gasteiger partial charge in [-0.1, -0.05) is 0 Å². The van der Waals surface area contributed by atoms with Crippen LogP contribution in [0, 0.1) is 12.7 Å². The number of hydrogen-bond acceptors (Lipinski definition) is 1. The van der Waals surface area contributed by atoms with Gasteiger partial charge in [-0.2, -0.15) is 0 Å². The van der Waals surface area contributed by atoms with Crippen molar-refractivity contribution in [3.05, 3.63) is 33.5 Å². The number of halogens is 2. The summed E-state index contributed by atoms with van der Waals surface area (Å²) < 4.78 is 13.7. The van der Waals surface area contributed by atoms with Gasteiger partial charge in [-0.15, -0.1) is 0 Å². The van der Waals surface area contributed by atoms with E-state index in [4.69, 9.17) is 5.73 Å². The fraction of sp³-hybridized carbons (Fsp3) is 0.400. The van der Waals surface area contributed by atoms with Crippen LogP contribution in [0.5, 0.6) is 0 Å². The van der Waals surface area contributed by atoms with Crippen LogP contribution in [0.2, 0.25) is 0 Å². The van der Waals surface area contributed by atoms with Crippen molar-refractivity contribution in [2.24, 2.45) is 5.73 Å². The average Bonchev–Trinajstić information content (AvgIpc) is 2.75. The van der Waals surface area contributed by atoms with Gasteiger partial charge >= 0.3 is 0 Å². The van der Waals surface area contributed by atoms with Gasteiger partial charge in [0.25, 0.3) is 0 Å². The Morgan fingerprint density at radius 1 is 1.54 bits per heavy atom. The van der Waals surface area contributed by atoms with E-state index in [1.165, 1.54) is 0 Å². The molecule has 1 nitrogen and oxygen atoms in total. The van der Waals surface area contributed by atoms with Gasteiger partial charge in [-0.3, -0.25) is 0 Å². The van der Waals surface area contributed by atoms with E-state index in [1.807, 2.05) is 13.0 Å². The monoisotopic (exact) mass is 243 g/mol. The number of benzene rings is 1. The van der Waals surface area contributed by atoms with Crippen LogP contribution < -0.4 is 5.73 Å². The molecule has 2 rings (SSSR count). The van der Waals surface area contributed by atoms with E-state index in [2.05, 4.69) is 15.9 Å². The van der Waals surface area contributed by atoms with Crippen LogP contribution in [-0.2, 0) is 0 Å². The second-order valence-electron chi connectivity index (χ2n) is 3.63. The summed E-state index contributed by atoms with van der Waals surface area (Å²) in [5.74, 6) is 0.183. The average molecular weight is 244 g/mol. The fourth-order valence-electron chi connectivity index (χ4n) is 1.63. The van der Waals surface area contributed by atoms with Gasteiger partial charge in [0, 0.05) is 12.0 Å². The van der Waals surface area contributed by atoms with Crippen LogP contribution in [0.1, 0.15) is 23.5 Å². The molecule has 0 spiro atoms. The molecule has 1 aliphatic carbocycles. The maximum Gasteiger partial charge on any atom is 0.137 e. The lowest BCUT2D eigenvalue weighted by Gasteiger charge is -2.05. The Morgan fingerprint density at radius 3 is 2.69 bits per heavy atom. The molecule has 0 heterocycles. The second-order valence-corrected chi connectivity index (χ2v) is 4.48. The zero-order valence-electron chi connectivity index (χ0n) is 7.35. The molecule has 0 saturated heterocycles. The topological polar surface area (TPSA) is 26.0 Å². The van der Waals surface area contributed by atoms with Gasteiger partial charge in [0.1, 0.15) is 5.82 Å². The molecule has 1 saturated carbocycles. The standard InChI is InChI=1S/C10H11BrFN/c1-5-2-8(11)9(12)3-6(5)7-4-10(7)13/h2-3,7,10H,4,13H2,1H3/t7-,10-/m1/s1. The van der Waals surface area contributed by atoms with Crippen LogP contribution in [0.4, 0.5) is 4.39 Å². The van der Waals surface area contributed by atoms with Gasteiger partial charge < -0.3 is 5.73 Å². The number of hydrogen-bond donors (Lipinski definition) is 1. The summed E-state index contributed by atoms with van der Waals surface area (Å²) in [6.07, 6.45) is 0.988. The lowest BCUT2D eigenvalue weighted by Crippen LogP contribution is -2.02. The van der Waals surface area contributed by atoms with E-state index in [9.17, 15) is 4.39 Å². The normalized spacial score (nSPS) is 26.2. The van der Waals surface area contributed by atoms with Gasteiger partial charge in [-0.25, -0.2) is 4.39 Å². The van der Waals surface area contributed by atoms with Gasteiger partial charge in [0.2, 0.25) is 0 Å². The molecule has 1 aromatic rings. The Bertz CT molecular complexity index is 351. The summed E-state index contributed by atoms with van der Waals surface area (Å²) in [4.78, 5) is 0. The zero-order valence-corrected chi connectivity index (χ0v) is 8.94. The van der Waals surface area contributed by atoms with Crippen molar-refractivity contribution in [2.45, 2.75) is 25.3 Å². The minimum atomic E-state index is -0.195. The number of rotatable bonds is 1. The fourth-order valence-corrected chi connectivity index (χ4v) is 2.09. The molecule has 2 atom stereocenters. The second kappa shape index (κ2) is 3.07. The Labute approximate surface area is 85.3 Å².